The quantitative estimate of drug-likeness (QED) is 0.705. The third-order valence-electron chi connectivity index (χ3n) is 4.07. The van der Waals surface area contributed by atoms with Gasteiger partial charge in [-0.15, -0.1) is 0 Å². The molecule has 2 aromatic carbocycles. The van der Waals surface area contributed by atoms with Crippen molar-refractivity contribution in [2.45, 2.75) is 33.8 Å². The lowest BCUT2D eigenvalue weighted by atomic mass is 10.1. The van der Waals surface area contributed by atoms with Crippen LogP contribution >= 0.6 is 11.6 Å². The highest BCUT2D eigenvalue weighted by Gasteiger charge is 2.11. The molecule has 26 heavy (non-hydrogen) atoms. The van der Waals surface area contributed by atoms with Crippen molar-refractivity contribution in [2.24, 2.45) is 5.92 Å². The van der Waals surface area contributed by atoms with Crippen LogP contribution in [0.4, 0.5) is 0 Å². The van der Waals surface area contributed by atoms with Gasteiger partial charge in [0.25, 0.3) is 5.91 Å². The van der Waals surface area contributed by atoms with Crippen molar-refractivity contribution >= 4 is 17.5 Å². The van der Waals surface area contributed by atoms with Crippen molar-refractivity contribution in [1.82, 2.24) is 5.32 Å². The van der Waals surface area contributed by atoms with Crippen LogP contribution in [0.25, 0.3) is 0 Å². The third-order valence-corrected chi connectivity index (χ3v) is 4.50. The number of carbonyl (C=O) groups excluding carboxylic acids is 1. The first-order valence-corrected chi connectivity index (χ1v) is 9.12. The first-order chi connectivity index (χ1) is 12.4. The van der Waals surface area contributed by atoms with Gasteiger partial charge in [0.05, 0.1) is 7.11 Å². The number of hydrogen-bond acceptors (Lipinski definition) is 3. The van der Waals surface area contributed by atoms with Gasteiger partial charge >= 0.3 is 0 Å². The molecule has 0 spiro atoms. The average molecular weight is 376 g/mol. The van der Waals surface area contributed by atoms with E-state index in [1.807, 2.05) is 31.2 Å². The molecule has 0 aliphatic rings. The van der Waals surface area contributed by atoms with Crippen LogP contribution in [0.15, 0.2) is 36.4 Å². The molecule has 0 aromatic heterocycles. The van der Waals surface area contributed by atoms with E-state index in [1.54, 1.807) is 19.2 Å². The lowest BCUT2D eigenvalue weighted by Crippen LogP contribution is -2.25. The number of nitrogens with one attached hydrogen (secondary N) is 1. The minimum atomic E-state index is -0.0862. The maximum Gasteiger partial charge on any atom is 0.251 e. The summed E-state index contributed by atoms with van der Waals surface area (Å²) >= 11 is 6.04. The smallest absolute Gasteiger partial charge is 0.251 e. The molecule has 0 aliphatic carbocycles. The van der Waals surface area contributed by atoms with Crippen LogP contribution < -0.4 is 14.8 Å². The van der Waals surface area contributed by atoms with Gasteiger partial charge in [-0.1, -0.05) is 25.4 Å². The lowest BCUT2D eigenvalue weighted by molar-refractivity contribution is 0.0952. The Hall–Kier alpha value is -2.20. The normalized spacial score (nSPS) is 10.7. The Morgan fingerprint density at radius 3 is 2.62 bits per heavy atom. The monoisotopic (exact) mass is 375 g/mol. The number of hydrogen-bond donors (Lipinski definition) is 1. The first-order valence-electron chi connectivity index (χ1n) is 8.74. The molecule has 0 unspecified atom stereocenters. The number of amides is 1. The molecule has 0 atom stereocenters. The van der Waals surface area contributed by atoms with Crippen LogP contribution in [0.5, 0.6) is 11.5 Å². The van der Waals surface area contributed by atoms with Crippen molar-refractivity contribution in [3.05, 3.63) is 58.1 Å². The van der Waals surface area contributed by atoms with Crippen molar-refractivity contribution in [1.29, 1.82) is 0 Å². The molecule has 140 valence electrons. The molecule has 0 bridgehead atoms. The zero-order chi connectivity index (χ0) is 19.1. The highest BCUT2D eigenvalue weighted by atomic mass is 35.5. The fourth-order valence-electron chi connectivity index (χ4n) is 2.48. The fourth-order valence-corrected chi connectivity index (χ4v) is 2.59. The molecule has 1 N–H and O–H groups in total. The summed E-state index contributed by atoms with van der Waals surface area (Å²) in [4.78, 5) is 12.3. The molecule has 2 rings (SSSR count). The van der Waals surface area contributed by atoms with Crippen LogP contribution in [0.2, 0.25) is 5.02 Å². The van der Waals surface area contributed by atoms with Gasteiger partial charge in [0.2, 0.25) is 0 Å². The topological polar surface area (TPSA) is 47.6 Å². The molecule has 0 radical (unpaired) electrons. The molecule has 2 aromatic rings. The molecular formula is C21H26ClNO3. The number of rotatable bonds is 8. The van der Waals surface area contributed by atoms with Crippen LogP contribution in [-0.4, -0.2) is 19.6 Å². The van der Waals surface area contributed by atoms with E-state index < -0.39 is 0 Å². The summed E-state index contributed by atoms with van der Waals surface area (Å²) < 4.78 is 11.2. The van der Waals surface area contributed by atoms with Crippen molar-refractivity contribution in [3.63, 3.8) is 0 Å². The molecule has 1 amide bonds. The summed E-state index contributed by atoms with van der Waals surface area (Å²) in [5, 5.41) is 3.65. The maximum absolute atomic E-state index is 12.3. The molecule has 0 saturated carbocycles. The third kappa shape index (κ3) is 5.67. The second-order valence-corrected chi connectivity index (χ2v) is 7.07. The van der Waals surface area contributed by atoms with Gasteiger partial charge in [-0.2, -0.15) is 0 Å². The summed E-state index contributed by atoms with van der Waals surface area (Å²) in [5.41, 5.74) is 2.37. The predicted molar refractivity (Wildman–Crippen MR) is 105 cm³/mol. The SMILES string of the molecule is COc1ccc(C(=O)NCCC(C)C)cc1COc1ccc(Cl)c(C)c1. The Bertz CT molecular complexity index is 759. The lowest BCUT2D eigenvalue weighted by Gasteiger charge is -2.13. The summed E-state index contributed by atoms with van der Waals surface area (Å²) in [6.45, 7) is 7.16. The van der Waals surface area contributed by atoms with Gasteiger partial charge in [0, 0.05) is 22.7 Å². The van der Waals surface area contributed by atoms with Gasteiger partial charge in [0.15, 0.2) is 0 Å². The average Bonchev–Trinajstić information content (AvgIpc) is 2.62. The highest BCUT2D eigenvalue weighted by molar-refractivity contribution is 6.31. The Labute approximate surface area is 160 Å². The fraction of sp³-hybridized carbons (Fsp3) is 0.381. The Kier molecular flexibility index (Phi) is 7.34. The number of benzene rings is 2. The zero-order valence-corrected chi connectivity index (χ0v) is 16.5. The van der Waals surface area contributed by atoms with E-state index in [4.69, 9.17) is 21.1 Å². The van der Waals surface area contributed by atoms with Crippen LogP contribution in [0.1, 0.15) is 41.8 Å². The van der Waals surface area contributed by atoms with Gasteiger partial charge < -0.3 is 14.8 Å². The van der Waals surface area contributed by atoms with E-state index >= 15 is 0 Å². The molecule has 0 saturated heterocycles. The minimum absolute atomic E-state index is 0.0862. The van der Waals surface area contributed by atoms with Crippen LogP contribution in [0.3, 0.4) is 0 Å². The number of ether oxygens (including phenoxy) is 2. The number of methoxy groups -OCH3 is 1. The Morgan fingerprint density at radius 1 is 1.19 bits per heavy atom. The summed E-state index contributed by atoms with van der Waals surface area (Å²) in [5.74, 6) is 1.88. The highest BCUT2D eigenvalue weighted by Crippen LogP contribution is 2.25. The van der Waals surface area contributed by atoms with Crippen molar-refractivity contribution in [2.75, 3.05) is 13.7 Å². The van der Waals surface area contributed by atoms with Crippen LogP contribution in [0, 0.1) is 12.8 Å². The first kappa shape index (κ1) is 20.1. The second-order valence-electron chi connectivity index (χ2n) is 6.66. The van der Waals surface area contributed by atoms with Gasteiger partial charge in [-0.05, 0) is 61.2 Å². The van der Waals surface area contributed by atoms with E-state index in [9.17, 15) is 4.79 Å². The summed E-state index contributed by atoms with van der Waals surface area (Å²) in [6, 6.07) is 10.9. The Balaban J connectivity index is 2.08. The molecule has 0 fully saturated rings. The molecule has 0 aliphatic heterocycles. The molecule has 0 heterocycles. The number of carbonyl (C=O) groups is 1. The second kappa shape index (κ2) is 9.48. The van der Waals surface area contributed by atoms with E-state index in [2.05, 4.69) is 19.2 Å². The van der Waals surface area contributed by atoms with E-state index in [1.165, 1.54) is 0 Å². The minimum Gasteiger partial charge on any atom is -0.496 e. The predicted octanol–water partition coefficient (Wildman–Crippen LogP) is 5.01. The van der Waals surface area contributed by atoms with E-state index in [-0.39, 0.29) is 5.91 Å². The largest absolute Gasteiger partial charge is 0.496 e. The summed E-state index contributed by atoms with van der Waals surface area (Å²) in [7, 11) is 1.60. The van der Waals surface area contributed by atoms with Gasteiger partial charge in [-0.3, -0.25) is 4.79 Å². The van der Waals surface area contributed by atoms with E-state index in [0.717, 1.165) is 23.3 Å². The van der Waals surface area contributed by atoms with E-state index in [0.29, 0.717) is 35.4 Å². The Morgan fingerprint density at radius 2 is 1.96 bits per heavy atom. The molecule has 4 nitrogen and oxygen atoms in total. The molecular weight excluding hydrogens is 350 g/mol. The molecule has 5 heteroatoms. The number of halogens is 1. The van der Waals surface area contributed by atoms with Crippen LogP contribution in [-0.2, 0) is 6.61 Å². The standard InChI is InChI=1S/C21H26ClNO3/c1-14(2)9-10-23-21(24)16-5-8-20(25-4)17(12-16)13-26-18-6-7-19(22)15(3)11-18/h5-8,11-12,14H,9-10,13H2,1-4H3,(H,23,24). The van der Waals surface area contributed by atoms with Gasteiger partial charge in [-0.25, -0.2) is 0 Å². The van der Waals surface area contributed by atoms with Gasteiger partial charge in [0.1, 0.15) is 18.1 Å². The number of aryl methyl sites for hydroxylation is 1. The zero-order valence-electron chi connectivity index (χ0n) is 15.8. The van der Waals surface area contributed by atoms with Crippen molar-refractivity contribution in [3.8, 4) is 11.5 Å². The maximum atomic E-state index is 12.3. The van der Waals surface area contributed by atoms with Crippen molar-refractivity contribution < 1.29 is 14.3 Å². The summed E-state index contributed by atoms with van der Waals surface area (Å²) in [6.07, 6.45) is 0.952.